The maximum atomic E-state index is 5.53. The lowest BCUT2D eigenvalue weighted by Gasteiger charge is -2.15. The number of aromatic nitrogens is 2. The van der Waals surface area contributed by atoms with Gasteiger partial charge in [0.25, 0.3) is 0 Å². The summed E-state index contributed by atoms with van der Waals surface area (Å²) in [6.45, 7) is 2.74. The van der Waals surface area contributed by atoms with Crippen LogP contribution in [-0.4, -0.2) is 23.5 Å². The first kappa shape index (κ1) is 12.2. The number of nitrogens with zero attached hydrogens (tertiary/aromatic N) is 2. The number of ether oxygens (including phenoxy) is 1. The predicted molar refractivity (Wildman–Crippen MR) is 59.1 cm³/mol. The van der Waals surface area contributed by atoms with Crippen LogP contribution in [0.4, 0.5) is 0 Å². The monoisotopic (exact) mass is 212 g/mol. The normalized spacial score (nSPS) is 13.1. The van der Waals surface area contributed by atoms with Crippen molar-refractivity contribution in [3.63, 3.8) is 0 Å². The molecule has 3 N–H and O–H groups in total. The van der Waals surface area contributed by atoms with E-state index in [1.165, 1.54) is 0 Å². The van der Waals surface area contributed by atoms with Crippen molar-refractivity contribution in [3.05, 3.63) is 17.5 Å². The molecule has 1 heterocycles. The van der Waals surface area contributed by atoms with Crippen molar-refractivity contribution in [1.29, 1.82) is 0 Å². The van der Waals surface area contributed by atoms with Gasteiger partial charge in [0, 0.05) is 20.8 Å². The minimum absolute atomic E-state index is 0.145. The Morgan fingerprint density at radius 3 is 2.87 bits per heavy atom. The molecule has 0 bridgehead atoms. The molecule has 0 saturated carbocycles. The highest BCUT2D eigenvalue weighted by Crippen LogP contribution is 2.17. The van der Waals surface area contributed by atoms with Gasteiger partial charge in [-0.3, -0.25) is 16.0 Å². The third-order valence-electron chi connectivity index (χ3n) is 2.44. The molecule has 0 radical (unpaired) electrons. The van der Waals surface area contributed by atoms with Gasteiger partial charge in [-0.15, -0.1) is 0 Å². The molecule has 0 spiro atoms. The van der Waals surface area contributed by atoms with E-state index in [9.17, 15) is 0 Å². The Labute approximate surface area is 90.6 Å². The summed E-state index contributed by atoms with van der Waals surface area (Å²) < 4.78 is 6.88. The molecule has 15 heavy (non-hydrogen) atoms. The Morgan fingerprint density at radius 2 is 2.40 bits per heavy atom. The number of aryl methyl sites for hydroxylation is 2. The van der Waals surface area contributed by atoms with Crippen LogP contribution < -0.4 is 11.3 Å². The van der Waals surface area contributed by atoms with Crippen LogP contribution in [0.25, 0.3) is 0 Å². The fraction of sp³-hybridized carbons (Fsp3) is 0.700. The molecule has 0 amide bonds. The van der Waals surface area contributed by atoms with E-state index in [-0.39, 0.29) is 6.04 Å². The van der Waals surface area contributed by atoms with E-state index in [1.54, 1.807) is 7.11 Å². The van der Waals surface area contributed by atoms with Crippen LogP contribution in [0.15, 0.2) is 6.07 Å². The zero-order valence-electron chi connectivity index (χ0n) is 9.66. The molecule has 1 unspecified atom stereocenters. The predicted octanol–water partition coefficient (Wildman–Crippen LogP) is 0.660. The highest BCUT2D eigenvalue weighted by molar-refractivity contribution is 5.12. The van der Waals surface area contributed by atoms with E-state index in [0.717, 1.165) is 30.8 Å². The van der Waals surface area contributed by atoms with Crippen LogP contribution in [0, 0.1) is 6.92 Å². The van der Waals surface area contributed by atoms with Crippen molar-refractivity contribution in [2.24, 2.45) is 12.9 Å². The number of nitrogens with two attached hydrogens (primary N) is 1. The Bertz CT molecular complexity index is 298. The van der Waals surface area contributed by atoms with Crippen LogP contribution in [0.1, 0.15) is 30.3 Å². The molecule has 1 aromatic heterocycles. The SMILES string of the molecule is COCCCC(NN)c1cc(C)nn1C. The van der Waals surface area contributed by atoms with Gasteiger partial charge in [0.15, 0.2) is 0 Å². The lowest BCUT2D eigenvalue weighted by molar-refractivity contribution is 0.188. The summed E-state index contributed by atoms with van der Waals surface area (Å²) >= 11 is 0. The molecule has 0 fully saturated rings. The van der Waals surface area contributed by atoms with E-state index < -0.39 is 0 Å². The van der Waals surface area contributed by atoms with E-state index in [4.69, 9.17) is 10.6 Å². The second-order valence-corrected chi connectivity index (χ2v) is 3.69. The van der Waals surface area contributed by atoms with Crippen molar-refractivity contribution < 1.29 is 4.74 Å². The lowest BCUT2D eigenvalue weighted by Crippen LogP contribution is -2.29. The van der Waals surface area contributed by atoms with E-state index in [2.05, 4.69) is 16.6 Å². The summed E-state index contributed by atoms with van der Waals surface area (Å²) in [6, 6.07) is 2.20. The first-order valence-corrected chi connectivity index (χ1v) is 5.14. The van der Waals surface area contributed by atoms with Crippen LogP contribution in [0.2, 0.25) is 0 Å². The van der Waals surface area contributed by atoms with Crippen LogP contribution in [0.5, 0.6) is 0 Å². The zero-order chi connectivity index (χ0) is 11.3. The van der Waals surface area contributed by atoms with Gasteiger partial charge in [-0.05, 0) is 25.8 Å². The van der Waals surface area contributed by atoms with Crippen molar-refractivity contribution in [2.75, 3.05) is 13.7 Å². The van der Waals surface area contributed by atoms with Crippen LogP contribution >= 0.6 is 0 Å². The Morgan fingerprint density at radius 1 is 1.67 bits per heavy atom. The fourth-order valence-corrected chi connectivity index (χ4v) is 1.71. The zero-order valence-corrected chi connectivity index (χ0v) is 9.66. The molecular formula is C10H20N4O. The number of hydrogen-bond acceptors (Lipinski definition) is 4. The number of hydrazine groups is 1. The maximum absolute atomic E-state index is 5.53. The average molecular weight is 212 g/mol. The molecule has 5 nitrogen and oxygen atoms in total. The molecular weight excluding hydrogens is 192 g/mol. The highest BCUT2D eigenvalue weighted by Gasteiger charge is 2.13. The largest absolute Gasteiger partial charge is 0.385 e. The molecule has 86 valence electrons. The van der Waals surface area contributed by atoms with Crippen LogP contribution in [0.3, 0.4) is 0 Å². The van der Waals surface area contributed by atoms with E-state index in [1.807, 2.05) is 18.7 Å². The summed E-state index contributed by atoms with van der Waals surface area (Å²) in [5, 5.41) is 4.30. The van der Waals surface area contributed by atoms with Gasteiger partial charge < -0.3 is 4.74 Å². The van der Waals surface area contributed by atoms with Gasteiger partial charge >= 0.3 is 0 Å². The summed E-state index contributed by atoms with van der Waals surface area (Å²) in [5.41, 5.74) is 4.95. The first-order chi connectivity index (χ1) is 7.19. The number of hydrogen-bond donors (Lipinski definition) is 2. The molecule has 1 rings (SSSR count). The smallest absolute Gasteiger partial charge is 0.0629 e. The van der Waals surface area contributed by atoms with Gasteiger partial charge in [-0.25, -0.2) is 0 Å². The summed E-state index contributed by atoms with van der Waals surface area (Å²) in [6.07, 6.45) is 1.93. The third kappa shape index (κ3) is 3.30. The molecule has 0 saturated heterocycles. The topological polar surface area (TPSA) is 65.1 Å². The van der Waals surface area contributed by atoms with E-state index >= 15 is 0 Å². The summed E-state index contributed by atoms with van der Waals surface area (Å²) in [4.78, 5) is 0. The summed E-state index contributed by atoms with van der Waals surface area (Å²) in [7, 11) is 3.64. The van der Waals surface area contributed by atoms with Crippen molar-refractivity contribution in [2.45, 2.75) is 25.8 Å². The molecule has 0 aliphatic rings. The average Bonchev–Trinajstić information content (AvgIpc) is 2.53. The van der Waals surface area contributed by atoms with Crippen LogP contribution in [-0.2, 0) is 11.8 Å². The van der Waals surface area contributed by atoms with Gasteiger partial charge in [0.2, 0.25) is 0 Å². The lowest BCUT2D eigenvalue weighted by atomic mass is 10.1. The minimum Gasteiger partial charge on any atom is -0.385 e. The van der Waals surface area contributed by atoms with Crippen molar-refractivity contribution in [3.8, 4) is 0 Å². The fourth-order valence-electron chi connectivity index (χ4n) is 1.71. The highest BCUT2D eigenvalue weighted by atomic mass is 16.5. The third-order valence-corrected chi connectivity index (χ3v) is 2.44. The number of rotatable bonds is 6. The van der Waals surface area contributed by atoms with Crippen molar-refractivity contribution in [1.82, 2.24) is 15.2 Å². The first-order valence-electron chi connectivity index (χ1n) is 5.14. The molecule has 1 atom stereocenters. The summed E-state index contributed by atoms with van der Waals surface area (Å²) in [5.74, 6) is 5.53. The second kappa shape index (κ2) is 5.85. The molecule has 5 heteroatoms. The maximum Gasteiger partial charge on any atom is 0.0629 e. The second-order valence-electron chi connectivity index (χ2n) is 3.69. The van der Waals surface area contributed by atoms with E-state index in [0.29, 0.717) is 0 Å². The minimum atomic E-state index is 0.145. The Balaban J connectivity index is 2.61. The molecule has 0 aliphatic carbocycles. The Kier molecular flexibility index (Phi) is 4.74. The number of nitrogens with one attached hydrogen (secondary N) is 1. The molecule has 0 aromatic carbocycles. The van der Waals surface area contributed by atoms with Crippen molar-refractivity contribution >= 4 is 0 Å². The Hall–Kier alpha value is -0.910. The van der Waals surface area contributed by atoms with Gasteiger partial charge in [-0.2, -0.15) is 5.10 Å². The van der Waals surface area contributed by atoms with Gasteiger partial charge in [0.05, 0.1) is 17.4 Å². The standard InChI is InChI=1S/C10H20N4O/c1-8-7-10(14(2)13-8)9(12-11)5-4-6-15-3/h7,9,12H,4-6,11H2,1-3H3. The van der Waals surface area contributed by atoms with Gasteiger partial charge in [-0.1, -0.05) is 0 Å². The molecule has 0 aliphatic heterocycles. The quantitative estimate of drug-likeness (QED) is 0.413. The molecule has 1 aromatic rings. The number of methoxy groups -OCH3 is 1. The van der Waals surface area contributed by atoms with Gasteiger partial charge in [0.1, 0.15) is 0 Å².